The van der Waals surface area contributed by atoms with E-state index in [4.69, 9.17) is 10.2 Å². The fourth-order valence-electron chi connectivity index (χ4n) is 2.22. The lowest BCUT2D eigenvalue weighted by molar-refractivity contribution is -0.143. The van der Waals surface area contributed by atoms with Crippen molar-refractivity contribution in [1.82, 2.24) is 9.62 Å². The summed E-state index contributed by atoms with van der Waals surface area (Å²) in [6.07, 6.45) is 2.66. The quantitative estimate of drug-likeness (QED) is 0.563. The minimum Gasteiger partial charge on any atom is -0.480 e. The molecule has 0 radical (unpaired) electrons. The molecule has 1 saturated heterocycles. The molecule has 9 heteroatoms. The highest BCUT2D eigenvalue weighted by Crippen LogP contribution is 2.20. The van der Waals surface area contributed by atoms with Gasteiger partial charge in [0, 0.05) is 19.6 Å². The first-order valence-electron chi connectivity index (χ1n) is 6.38. The van der Waals surface area contributed by atoms with Crippen LogP contribution in [0.1, 0.15) is 25.7 Å². The van der Waals surface area contributed by atoms with Gasteiger partial charge in [0.15, 0.2) is 0 Å². The summed E-state index contributed by atoms with van der Waals surface area (Å²) in [5.74, 6) is -1.88. The first kappa shape index (κ1) is 16.9. The van der Waals surface area contributed by atoms with Crippen molar-refractivity contribution < 1.29 is 28.2 Å². The summed E-state index contributed by atoms with van der Waals surface area (Å²) in [6.45, 7) is -0.119. The summed E-state index contributed by atoms with van der Waals surface area (Å²) < 4.78 is 24.4. The van der Waals surface area contributed by atoms with E-state index in [9.17, 15) is 18.0 Å². The number of aliphatic carboxylic acids is 1. The van der Waals surface area contributed by atoms with Crippen molar-refractivity contribution in [2.45, 2.75) is 37.8 Å². The maximum absolute atomic E-state index is 12.1. The van der Waals surface area contributed by atoms with E-state index in [1.165, 1.54) is 0 Å². The van der Waals surface area contributed by atoms with E-state index in [1.54, 1.807) is 0 Å². The largest absolute Gasteiger partial charge is 0.480 e. The van der Waals surface area contributed by atoms with Gasteiger partial charge in [0.2, 0.25) is 15.9 Å². The smallest absolute Gasteiger partial charge is 0.326 e. The number of rotatable bonds is 6. The molecular weight excluding hydrogens is 288 g/mol. The number of hydrogen-bond donors (Lipinski definition) is 3. The Kier molecular flexibility index (Phi) is 5.90. The van der Waals surface area contributed by atoms with Gasteiger partial charge in [0.1, 0.15) is 12.1 Å². The van der Waals surface area contributed by atoms with Crippen LogP contribution < -0.4 is 5.32 Å². The van der Waals surface area contributed by atoms with Crippen molar-refractivity contribution in [1.29, 1.82) is 0 Å². The van der Waals surface area contributed by atoms with Crippen LogP contribution in [0.25, 0.3) is 0 Å². The van der Waals surface area contributed by atoms with Gasteiger partial charge in [0.25, 0.3) is 0 Å². The molecule has 0 saturated carbocycles. The summed E-state index contributed by atoms with van der Waals surface area (Å²) in [7, 11) is -3.51. The Bertz CT molecular complexity index is 464. The summed E-state index contributed by atoms with van der Waals surface area (Å²) in [5.41, 5.74) is 0. The lowest BCUT2D eigenvalue weighted by Gasteiger charge is -2.33. The second-order valence-electron chi connectivity index (χ2n) is 4.80. The zero-order valence-electron chi connectivity index (χ0n) is 11.3. The van der Waals surface area contributed by atoms with Crippen LogP contribution in [-0.4, -0.2) is 66.3 Å². The van der Waals surface area contributed by atoms with Gasteiger partial charge in [-0.25, -0.2) is 13.2 Å². The first-order valence-corrected chi connectivity index (χ1v) is 8.23. The molecule has 0 aromatic heterocycles. The van der Waals surface area contributed by atoms with E-state index < -0.39 is 34.0 Å². The molecule has 3 N–H and O–H groups in total. The fourth-order valence-corrected chi connectivity index (χ4v) is 3.34. The van der Waals surface area contributed by atoms with Gasteiger partial charge in [-0.15, -0.1) is 0 Å². The zero-order valence-corrected chi connectivity index (χ0v) is 12.1. The standard InChI is InChI=1S/C11H20N2O6S/c1-20(18,19)13-6-3-2-4-9(13)10(15)12-8(5-7-14)11(16)17/h8-9,14H,2-7H2,1H3,(H,12,15)(H,16,17). The van der Waals surface area contributed by atoms with Crippen LogP contribution in [-0.2, 0) is 19.6 Å². The Labute approximate surface area is 117 Å². The van der Waals surface area contributed by atoms with Crippen molar-refractivity contribution >= 4 is 21.9 Å². The molecule has 20 heavy (non-hydrogen) atoms. The molecule has 0 bridgehead atoms. The maximum atomic E-state index is 12.1. The SMILES string of the molecule is CS(=O)(=O)N1CCCCC1C(=O)NC(CCO)C(=O)O. The molecule has 8 nitrogen and oxygen atoms in total. The van der Waals surface area contributed by atoms with Crippen molar-refractivity contribution in [3.8, 4) is 0 Å². The molecule has 1 rings (SSSR count). The molecule has 0 spiro atoms. The van der Waals surface area contributed by atoms with Crippen molar-refractivity contribution in [3.63, 3.8) is 0 Å². The predicted molar refractivity (Wildman–Crippen MR) is 70.5 cm³/mol. The maximum Gasteiger partial charge on any atom is 0.326 e. The van der Waals surface area contributed by atoms with Crippen LogP contribution in [0.15, 0.2) is 0 Å². The number of aliphatic hydroxyl groups excluding tert-OH is 1. The van der Waals surface area contributed by atoms with Gasteiger partial charge in [0.05, 0.1) is 6.26 Å². The third kappa shape index (κ3) is 4.43. The van der Waals surface area contributed by atoms with Gasteiger partial charge in [-0.05, 0) is 12.8 Å². The number of carbonyl (C=O) groups is 2. The number of carboxylic acids is 1. The third-order valence-electron chi connectivity index (χ3n) is 3.21. The Balaban J connectivity index is 2.80. The molecule has 2 atom stereocenters. The van der Waals surface area contributed by atoms with Crippen LogP contribution >= 0.6 is 0 Å². The van der Waals surface area contributed by atoms with Gasteiger partial charge in [-0.2, -0.15) is 4.31 Å². The van der Waals surface area contributed by atoms with Crippen LogP contribution in [0.3, 0.4) is 0 Å². The van der Waals surface area contributed by atoms with Crippen molar-refractivity contribution in [3.05, 3.63) is 0 Å². The van der Waals surface area contributed by atoms with Crippen LogP contribution in [0.2, 0.25) is 0 Å². The zero-order chi connectivity index (χ0) is 15.3. The highest BCUT2D eigenvalue weighted by atomic mass is 32.2. The number of sulfonamides is 1. The normalized spacial score (nSPS) is 22.2. The molecule has 1 fully saturated rings. The minimum atomic E-state index is -3.51. The van der Waals surface area contributed by atoms with Crippen LogP contribution in [0.5, 0.6) is 0 Å². The molecular formula is C11H20N2O6S. The number of nitrogens with zero attached hydrogens (tertiary/aromatic N) is 1. The fraction of sp³-hybridized carbons (Fsp3) is 0.818. The van der Waals surface area contributed by atoms with E-state index in [-0.39, 0.29) is 19.6 Å². The third-order valence-corrected chi connectivity index (χ3v) is 4.50. The molecule has 0 aromatic carbocycles. The van der Waals surface area contributed by atoms with E-state index in [0.29, 0.717) is 19.3 Å². The molecule has 1 amide bonds. The molecule has 0 aliphatic carbocycles. The molecule has 1 heterocycles. The van der Waals surface area contributed by atoms with Gasteiger partial charge >= 0.3 is 5.97 Å². The van der Waals surface area contributed by atoms with E-state index in [2.05, 4.69) is 5.32 Å². The highest BCUT2D eigenvalue weighted by Gasteiger charge is 2.35. The second-order valence-corrected chi connectivity index (χ2v) is 6.73. The van der Waals surface area contributed by atoms with E-state index in [0.717, 1.165) is 10.6 Å². The number of hydrogen-bond acceptors (Lipinski definition) is 5. The van der Waals surface area contributed by atoms with Gasteiger partial charge in [-0.3, -0.25) is 4.79 Å². The molecule has 0 aromatic rings. The average Bonchev–Trinajstić information content (AvgIpc) is 2.37. The number of carbonyl (C=O) groups excluding carboxylic acids is 1. The summed E-state index contributed by atoms with van der Waals surface area (Å²) in [4.78, 5) is 23.0. The number of aliphatic hydroxyl groups is 1. The molecule has 2 unspecified atom stereocenters. The van der Waals surface area contributed by atoms with E-state index >= 15 is 0 Å². The number of carboxylic acid groups (broad SMARTS) is 1. The number of amides is 1. The average molecular weight is 308 g/mol. The summed E-state index contributed by atoms with van der Waals surface area (Å²) >= 11 is 0. The van der Waals surface area contributed by atoms with Crippen molar-refractivity contribution in [2.75, 3.05) is 19.4 Å². The summed E-state index contributed by atoms with van der Waals surface area (Å²) in [6, 6.07) is -2.09. The lowest BCUT2D eigenvalue weighted by atomic mass is 10.0. The lowest BCUT2D eigenvalue weighted by Crippen LogP contribution is -2.54. The molecule has 1 aliphatic heterocycles. The van der Waals surface area contributed by atoms with E-state index in [1.807, 2.05) is 0 Å². The van der Waals surface area contributed by atoms with Crippen LogP contribution in [0.4, 0.5) is 0 Å². The topological polar surface area (TPSA) is 124 Å². The number of piperidine rings is 1. The van der Waals surface area contributed by atoms with Gasteiger partial charge < -0.3 is 15.5 Å². The molecule has 116 valence electrons. The Hall–Kier alpha value is -1.19. The second kappa shape index (κ2) is 7.00. The Morgan fingerprint density at radius 1 is 1.40 bits per heavy atom. The summed E-state index contributed by atoms with van der Waals surface area (Å²) in [5, 5.41) is 20.0. The Morgan fingerprint density at radius 2 is 2.05 bits per heavy atom. The highest BCUT2D eigenvalue weighted by molar-refractivity contribution is 7.88. The van der Waals surface area contributed by atoms with Crippen molar-refractivity contribution in [2.24, 2.45) is 0 Å². The first-order chi connectivity index (χ1) is 9.27. The molecule has 1 aliphatic rings. The minimum absolute atomic E-state index is 0.118. The van der Waals surface area contributed by atoms with Gasteiger partial charge in [-0.1, -0.05) is 6.42 Å². The monoisotopic (exact) mass is 308 g/mol. The number of nitrogens with one attached hydrogen (secondary N) is 1. The van der Waals surface area contributed by atoms with Crippen LogP contribution in [0, 0.1) is 0 Å². The Morgan fingerprint density at radius 3 is 2.55 bits per heavy atom. The predicted octanol–water partition coefficient (Wildman–Crippen LogP) is -1.25.